The van der Waals surface area contributed by atoms with Gasteiger partial charge in [0.1, 0.15) is 0 Å². The predicted molar refractivity (Wildman–Crippen MR) is 105 cm³/mol. The maximum absolute atomic E-state index is 13.0. The summed E-state index contributed by atoms with van der Waals surface area (Å²) in [5.41, 5.74) is 1.73. The molecule has 2 fully saturated rings. The summed E-state index contributed by atoms with van der Waals surface area (Å²) >= 11 is 12.1. The van der Waals surface area contributed by atoms with E-state index in [4.69, 9.17) is 23.2 Å². The van der Waals surface area contributed by atoms with Gasteiger partial charge in [0.25, 0.3) is 5.91 Å². The Morgan fingerprint density at radius 2 is 1.59 bits per heavy atom. The van der Waals surface area contributed by atoms with E-state index in [9.17, 15) is 9.59 Å². The second-order valence-electron chi connectivity index (χ2n) is 7.01. The number of carbonyl (C=O) groups excluding carboxylic acids is 2. The molecule has 7 heteroatoms. The Balaban J connectivity index is 1.46. The van der Waals surface area contributed by atoms with E-state index in [-0.39, 0.29) is 18.2 Å². The molecule has 4 rings (SSSR count). The molecule has 0 bridgehead atoms. The fraction of sp³-hybridized carbons (Fsp3) is 0.350. The van der Waals surface area contributed by atoms with E-state index in [1.165, 1.54) is 10.5 Å². The number of hydrogen-bond acceptors (Lipinski definition) is 4. The number of pyridine rings is 1. The van der Waals surface area contributed by atoms with Crippen molar-refractivity contribution in [2.45, 2.75) is 31.2 Å². The summed E-state index contributed by atoms with van der Waals surface area (Å²) in [6, 6.07) is 8.47. The molecule has 2 aliphatic rings. The zero-order valence-electron chi connectivity index (χ0n) is 14.6. The highest BCUT2D eigenvalue weighted by Gasteiger charge is 2.43. The lowest BCUT2D eigenvalue weighted by Gasteiger charge is -2.35. The number of benzene rings is 1. The fourth-order valence-electron chi connectivity index (χ4n) is 4.02. The Hall–Kier alpha value is -1.95. The molecule has 27 heavy (non-hydrogen) atoms. The Kier molecular flexibility index (Phi) is 5.17. The summed E-state index contributed by atoms with van der Waals surface area (Å²) in [6.45, 7) is 1.58. The predicted octanol–water partition coefficient (Wildman–Crippen LogP) is 3.90. The molecule has 0 spiro atoms. The average Bonchev–Trinajstić information content (AvgIpc) is 2.96. The van der Waals surface area contributed by atoms with E-state index in [1.54, 1.807) is 18.2 Å². The Morgan fingerprint density at radius 1 is 0.963 bits per heavy atom. The summed E-state index contributed by atoms with van der Waals surface area (Å²) in [6.07, 6.45) is 5.75. The van der Waals surface area contributed by atoms with Crippen LogP contribution in [0.15, 0.2) is 42.7 Å². The summed E-state index contributed by atoms with van der Waals surface area (Å²) < 4.78 is 0. The molecule has 0 radical (unpaired) electrons. The smallest absolute Gasteiger partial charge is 0.251 e. The van der Waals surface area contributed by atoms with Gasteiger partial charge in [0, 0.05) is 22.4 Å². The monoisotopic (exact) mass is 403 g/mol. The fourth-order valence-corrected chi connectivity index (χ4v) is 4.54. The van der Waals surface area contributed by atoms with Crippen LogP contribution in [0, 0.1) is 0 Å². The SMILES string of the molecule is O=C1CC(N2CCC(c3ccncc3)CC2)C(=O)N1c1cc(Cl)cc(Cl)c1. The first-order chi connectivity index (χ1) is 13.0. The van der Waals surface area contributed by atoms with Gasteiger partial charge in [0.15, 0.2) is 0 Å². The normalized spacial score (nSPS) is 21.9. The van der Waals surface area contributed by atoms with E-state index in [2.05, 4.69) is 22.0 Å². The highest BCUT2D eigenvalue weighted by Crippen LogP contribution is 2.33. The number of amides is 2. The number of carbonyl (C=O) groups is 2. The minimum atomic E-state index is -0.409. The van der Waals surface area contributed by atoms with Crippen LogP contribution in [0.3, 0.4) is 0 Å². The van der Waals surface area contributed by atoms with Crippen molar-refractivity contribution in [3.05, 3.63) is 58.3 Å². The van der Waals surface area contributed by atoms with Crippen LogP contribution in [0.4, 0.5) is 5.69 Å². The molecule has 0 saturated carbocycles. The lowest BCUT2D eigenvalue weighted by atomic mass is 9.89. The van der Waals surface area contributed by atoms with Crippen LogP contribution in [0.2, 0.25) is 10.0 Å². The zero-order valence-corrected chi connectivity index (χ0v) is 16.2. The molecule has 5 nitrogen and oxygen atoms in total. The lowest BCUT2D eigenvalue weighted by Crippen LogP contribution is -2.45. The van der Waals surface area contributed by atoms with Gasteiger partial charge in [0.2, 0.25) is 5.91 Å². The van der Waals surface area contributed by atoms with Crippen LogP contribution in [-0.2, 0) is 9.59 Å². The first-order valence-electron chi connectivity index (χ1n) is 9.00. The van der Waals surface area contributed by atoms with Gasteiger partial charge < -0.3 is 0 Å². The third-order valence-corrected chi connectivity index (χ3v) is 5.81. The van der Waals surface area contributed by atoms with Crippen molar-refractivity contribution >= 4 is 40.7 Å². The van der Waals surface area contributed by atoms with Crippen molar-refractivity contribution in [2.24, 2.45) is 0 Å². The first kappa shape index (κ1) is 18.4. The van der Waals surface area contributed by atoms with Crippen LogP contribution in [0.5, 0.6) is 0 Å². The molecule has 3 heterocycles. The maximum atomic E-state index is 13.0. The number of hydrogen-bond donors (Lipinski definition) is 0. The van der Waals surface area contributed by atoms with Crippen molar-refractivity contribution < 1.29 is 9.59 Å². The highest BCUT2D eigenvalue weighted by molar-refractivity contribution is 6.35. The van der Waals surface area contributed by atoms with Gasteiger partial charge in [0.05, 0.1) is 18.2 Å². The molecular weight excluding hydrogens is 385 g/mol. The first-order valence-corrected chi connectivity index (χ1v) is 9.75. The van der Waals surface area contributed by atoms with Gasteiger partial charge in [-0.2, -0.15) is 0 Å². The van der Waals surface area contributed by atoms with Crippen LogP contribution >= 0.6 is 23.2 Å². The number of imide groups is 1. The van der Waals surface area contributed by atoms with Gasteiger partial charge in [-0.1, -0.05) is 23.2 Å². The Bertz CT molecular complexity index is 847. The van der Waals surface area contributed by atoms with Gasteiger partial charge in [-0.05, 0) is 67.7 Å². The van der Waals surface area contributed by atoms with E-state index in [0.29, 0.717) is 21.7 Å². The van der Waals surface area contributed by atoms with Crippen LogP contribution in [-0.4, -0.2) is 40.8 Å². The molecule has 140 valence electrons. The summed E-state index contributed by atoms with van der Waals surface area (Å²) in [5.74, 6) is 0.0691. The number of rotatable bonds is 3. The second kappa shape index (κ2) is 7.58. The molecule has 2 saturated heterocycles. The third kappa shape index (κ3) is 3.72. The molecule has 0 aliphatic carbocycles. The van der Waals surface area contributed by atoms with Crippen molar-refractivity contribution in [3.63, 3.8) is 0 Å². The van der Waals surface area contributed by atoms with Gasteiger partial charge in [-0.25, -0.2) is 4.90 Å². The highest BCUT2D eigenvalue weighted by atomic mass is 35.5. The molecule has 1 aromatic carbocycles. The minimum absolute atomic E-state index is 0.194. The molecule has 1 unspecified atom stereocenters. The summed E-state index contributed by atoms with van der Waals surface area (Å²) in [7, 11) is 0. The number of piperidine rings is 1. The van der Waals surface area contributed by atoms with Crippen molar-refractivity contribution in [1.82, 2.24) is 9.88 Å². The lowest BCUT2D eigenvalue weighted by molar-refractivity contribution is -0.123. The van der Waals surface area contributed by atoms with Crippen LogP contribution in [0.25, 0.3) is 0 Å². The molecule has 2 amide bonds. The van der Waals surface area contributed by atoms with Crippen LogP contribution in [0.1, 0.15) is 30.7 Å². The number of likely N-dealkylation sites (tertiary alicyclic amines) is 1. The average molecular weight is 404 g/mol. The molecule has 2 aliphatic heterocycles. The standard InChI is InChI=1S/C20H19Cl2N3O2/c21-15-9-16(22)11-17(10-15)25-19(26)12-18(20(25)27)24-7-3-14(4-8-24)13-1-5-23-6-2-13/h1-2,5-6,9-11,14,18H,3-4,7-8,12H2. The maximum Gasteiger partial charge on any atom is 0.251 e. The number of anilines is 1. The van der Waals surface area contributed by atoms with Crippen molar-refractivity contribution in [1.29, 1.82) is 0 Å². The molecule has 1 aromatic heterocycles. The molecule has 1 atom stereocenters. The van der Waals surface area contributed by atoms with Crippen molar-refractivity contribution in [3.8, 4) is 0 Å². The quantitative estimate of drug-likeness (QED) is 0.729. The summed E-state index contributed by atoms with van der Waals surface area (Å²) in [5, 5.41) is 0.805. The van der Waals surface area contributed by atoms with Gasteiger partial charge in [-0.3, -0.25) is 19.5 Å². The van der Waals surface area contributed by atoms with E-state index in [0.717, 1.165) is 25.9 Å². The second-order valence-corrected chi connectivity index (χ2v) is 7.88. The summed E-state index contributed by atoms with van der Waals surface area (Å²) in [4.78, 5) is 32.9. The van der Waals surface area contributed by atoms with E-state index < -0.39 is 6.04 Å². The van der Waals surface area contributed by atoms with Crippen LogP contribution < -0.4 is 4.90 Å². The number of halogens is 2. The molecular formula is C20H19Cl2N3O2. The minimum Gasteiger partial charge on any atom is -0.291 e. The van der Waals surface area contributed by atoms with Gasteiger partial charge in [-0.15, -0.1) is 0 Å². The molecule has 2 aromatic rings. The Morgan fingerprint density at radius 3 is 2.22 bits per heavy atom. The zero-order chi connectivity index (χ0) is 19.0. The number of nitrogens with zero attached hydrogens (tertiary/aromatic N) is 3. The van der Waals surface area contributed by atoms with Gasteiger partial charge >= 0.3 is 0 Å². The van der Waals surface area contributed by atoms with E-state index in [1.807, 2.05) is 12.4 Å². The number of aromatic nitrogens is 1. The topological polar surface area (TPSA) is 53.5 Å². The molecule has 0 N–H and O–H groups in total. The van der Waals surface area contributed by atoms with E-state index >= 15 is 0 Å². The Labute approximate surface area is 167 Å². The van der Waals surface area contributed by atoms with Crippen molar-refractivity contribution in [2.75, 3.05) is 18.0 Å². The largest absolute Gasteiger partial charge is 0.291 e. The third-order valence-electron chi connectivity index (χ3n) is 5.38.